The van der Waals surface area contributed by atoms with Crippen LogP contribution in [0.15, 0.2) is 18.2 Å². The number of halogens is 2. The topological polar surface area (TPSA) is 54.5 Å². The largest absolute Gasteiger partial charge is 0.216 e. The van der Waals surface area contributed by atoms with Crippen LogP contribution in [0, 0.1) is 24.1 Å². The first-order chi connectivity index (χ1) is 7.63. The van der Waals surface area contributed by atoms with Gasteiger partial charge in [0.25, 0.3) is 0 Å². The molecule has 80 valence electrons. The van der Waals surface area contributed by atoms with Crippen LogP contribution in [0.25, 0.3) is 5.69 Å². The van der Waals surface area contributed by atoms with Crippen molar-refractivity contribution in [3.8, 4) is 11.8 Å². The maximum Gasteiger partial charge on any atom is 0.186 e. The molecule has 0 spiro atoms. The number of hydrogen-bond donors (Lipinski definition) is 0. The van der Waals surface area contributed by atoms with E-state index in [1.54, 1.807) is 6.92 Å². The van der Waals surface area contributed by atoms with Crippen LogP contribution in [0.3, 0.4) is 0 Å². The van der Waals surface area contributed by atoms with E-state index >= 15 is 0 Å². The summed E-state index contributed by atoms with van der Waals surface area (Å²) in [6.45, 7) is 1.70. The number of nitrogens with zero attached hydrogens (tertiary/aromatic N) is 4. The number of hydrogen-bond acceptors (Lipinski definition) is 3. The van der Waals surface area contributed by atoms with E-state index in [2.05, 4.69) is 10.3 Å². The quantitative estimate of drug-likeness (QED) is 0.763. The molecule has 4 nitrogen and oxygen atoms in total. The minimum atomic E-state index is -0.497. The Morgan fingerprint density at radius 1 is 1.50 bits per heavy atom. The molecular formula is C10H6ClFN4. The molecule has 0 saturated heterocycles. The molecule has 0 bridgehead atoms. The van der Waals surface area contributed by atoms with Crippen molar-refractivity contribution in [3.63, 3.8) is 0 Å². The molecule has 1 aromatic carbocycles. The first kappa shape index (κ1) is 10.6. The van der Waals surface area contributed by atoms with Gasteiger partial charge in [-0.25, -0.2) is 9.07 Å². The Labute approximate surface area is 95.9 Å². The summed E-state index contributed by atoms with van der Waals surface area (Å²) in [5, 5.41) is 16.2. The Bertz CT molecular complexity index is 585. The van der Waals surface area contributed by atoms with Gasteiger partial charge >= 0.3 is 0 Å². The predicted molar refractivity (Wildman–Crippen MR) is 55.8 cm³/mol. The van der Waals surface area contributed by atoms with Gasteiger partial charge in [0.15, 0.2) is 5.69 Å². The van der Waals surface area contributed by atoms with Crippen LogP contribution >= 0.6 is 11.6 Å². The van der Waals surface area contributed by atoms with Crippen LogP contribution in [0.4, 0.5) is 4.39 Å². The van der Waals surface area contributed by atoms with Crippen molar-refractivity contribution in [1.82, 2.24) is 15.0 Å². The van der Waals surface area contributed by atoms with Crippen molar-refractivity contribution in [1.29, 1.82) is 5.26 Å². The molecule has 0 radical (unpaired) electrons. The van der Waals surface area contributed by atoms with Crippen molar-refractivity contribution in [2.24, 2.45) is 0 Å². The maximum absolute atomic E-state index is 13.0. The summed E-state index contributed by atoms with van der Waals surface area (Å²) in [5.74, 6) is -0.497. The van der Waals surface area contributed by atoms with E-state index in [0.29, 0.717) is 11.4 Å². The molecule has 1 heterocycles. The summed E-state index contributed by atoms with van der Waals surface area (Å²) in [5.41, 5.74) is 1.39. The number of benzene rings is 1. The average molecular weight is 237 g/mol. The average Bonchev–Trinajstić information content (AvgIpc) is 2.64. The molecule has 0 saturated carbocycles. The van der Waals surface area contributed by atoms with E-state index in [-0.39, 0.29) is 10.7 Å². The number of rotatable bonds is 1. The summed E-state index contributed by atoms with van der Waals surface area (Å²) < 4.78 is 14.4. The molecule has 6 heteroatoms. The van der Waals surface area contributed by atoms with Crippen molar-refractivity contribution in [2.45, 2.75) is 6.92 Å². The lowest BCUT2D eigenvalue weighted by molar-refractivity contribution is 0.627. The lowest BCUT2D eigenvalue weighted by Gasteiger charge is -2.03. The first-order valence-electron chi connectivity index (χ1n) is 4.41. The zero-order chi connectivity index (χ0) is 11.7. The zero-order valence-corrected chi connectivity index (χ0v) is 9.03. The van der Waals surface area contributed by atoms with Crippen LogP contribution in [-0.2, 0) is 0 Å². The molecule has 0 fully saturated rings. The number of aromatic nitrogens is 3. The van der Waals surface area contributed by atoms with Crippen molar-refractivity contribution < 1.29 is 4.39 Å². The van der Waals surface area contributed by atoms with Gasteiger partial charge in [-0.05, 0) is 25.1 Å². The Morgan fingerprint density at radius 3 is 2.81 bits per heavy atom. The maximum atomic E-state index is 13.0. The Kier molecular flexibility index (Phi) is 2.59. The second kappa shape index (κ2) is 3.91. The van der Waals surface area contributed by atoms with Gasteiger partial charge in [-0.15, -0.1) is 5.10 Å². The lowest BCUT2D eigenvalue weighted by Crippen LogP contribution is -1.99. The normalized spacial score (nSPS) is 10.1. The summed E-state index contributed by atoms with van der Waals surface area (Å²) in [4.78, 5) is 0. The molecule has 0 aliphatic carbocycles. The van der Waals surface area contributed by atoms with Gasteiger partial charge in [0.1, 0.15) is 11.9 Å². The third-order valence-corrected chi connectivity index (χ3v) is 2.44. The van der Waals surface area contributed by atoms with Gasteiger partial charge in [-0.2, -0.15) is 5.26 Å². The van der Waals surface area contributed by atoms with Gasteiger partial charge in [0.05, 0.1) is 16.4 Å². The third kappa shape index (κ3) is 1.64. The van der Waals surface area contributed by atoms with Gasteiger partial charge in [-0.1, -0.05) is 16.8 Å². The Hall–Kier alpha value is -1.93. The highest BCUT2D eigenvalue weighted by Crippen LogP contribution is 2.19. The fourth-order valence-electron chi connectivity index (χ4n) is 1.29. The van der Waals surface area contributed by atoms with Crippen LogP contribution in [-0.4, -0.2) is 15.0 Å². The van der Waals surface area contributed by atoms with E-state index < -0.39 is 5.82 Å². The molecule has 2 rings (SSSR count). The highest BCUT2D eigenvalue weighted by molar-refractivity contribution is 6.30. The van der Waals surface area contributed by atoms with Gasteiger partial charge in [-0.3, -0.25) is 0 Å². The Morgan fingerprint density at radius 2 is 2.25 bits per heavy atom. The molecule has 1 aromatic heterocycles. The molecule has 2 aromatic rings. The van der Waals surface area contributed by atoms with E-state index in [1.165, 1.54) is 22.9 Å². The van der Waals surface area contributed by atoms with E-state index in [4.69, 9.17) is 16.9 Å². The highest BCUT2D eigenvalue weighted by Gasteiger charge is 2.10. The van der Waals surface area contributed by atoms with Gasteiger partial charge in [0, 0.05) is 0 Å². The first-order valence-corrected chi connectivity index (χ1v) is 4.79. The van der Waals surface area contributed by atoms with Crippen molar-refractivity contribution in [3.05, 3.63) is 40.4 Å². The van der Waals surface area contributed by atoms with Crippen LogP contribution in [0.5, 0.6) is 0 Å². The molecule has 0 aliphatic heterocycles. The second-order valence-corrected chi connectivity index (χ2v) is 3.55. The third-order valence-electron chi connectivity index (χ3n) is 2.15. The SMILES string of the molecule is Cc1c(C#N)nnn1-c1ccc(F)c(Cl)c1. The molecule has 0 unspecified atom stereocenters. The van der Waals surface area contributed by atoms with Gasteiger partial charge < -0.3 is 0 Å². The number of nitriles is 1. The summed E-state index contributed by atoms with van der Waals surface area (Å²) in [6, 6.07) is 6.10. The summed E-state index contributed by atoms with van der Waals surface area (Å²) in [6.07, 6.45) is 0. The minimum Gasteiger partial charge on any atom is -0.216 e. The summed E-state index contributed by atoms with van der Waals surface area (Å²) >= 11 is 5.66. The molecule has 0 aliphatic rings. The highest BCUT2D eigenvalue weighted by atomic mass is 35.5. The van der Waals surface area contributed by atoms with Gasteiger partial charge in [0.2, 0.25) is 0 Å². The molecule has 0 amide bonds. The van der Waals surface area contributed by atoms with Crippen LogP contribution in [0.2, 0.25) is 5.02 Å². The molecule has 0 N–H and O–H groups in total. The van der Waals surface area contributed by atoms with E-state index in [9.17, 15) is 4.39 Å². The smallest absolute Gasteiger partial charge is 0.186 e. The van der Waals surface area contributed by atoms with Crippen molar-refractivity contribution >= 4 is 11.6 Å². The fraction of sp³-hybridized carbons (Fsp3) is 0.100. The van der Waals surface area contributed by atoms with Crippen LogP contribution < -0.4 is 0 Å². The predicted octanol–water partition coefficient (Wildman–Crippen LogP) is 2.24. The Balaban J connectivity index is 2.55. The zero-order valence-electron chi connectivity index (χ0n) is 8.28. The van der Waals surface area contributed by atoms with E-state index in [0.717, 1.165) is 0 Å². The van der Waals surface area contributed by atoms with Crippen molar-refractivity contribution in [2.75, 3.05) is 0 Å². The molecular weight excluding hydrogens is 231 g/mol. The fourth-order valence-corrected chi connectivity index (χ4v) is 1.47. The molecule has 16 heavy (non-hydrogen) atoms. The second-order valence-electron chi connectivity index (χ2n) is 3.15. The summed E-state index contributed by atoms with van der Waals surface area (Å²) in [7, 11) is 0. The lowest BCUT2D eigenvalue weighted by atomic mass is 10.3. The monoisotopic (exact) mass is 236 g/mol. The molecule has 0 atom stereocenters. The minimum absolute atomic E-state index is 0.00547. The standard InChI is InChI=1S/C10H6ClFN4/c1-6-10(5-13)14-15-16(6)7-2-3-9(12)8(11)4-7/h2-4H,1H3. The van der Waals surface area contributed by atoms with Crippen LogP contribution in [0.1, 0.15) is 11.4 Å². The van der Waals surface area contributed by atoms with E-state index in [1.807, 2.05) is 6.07 Å².